The number of piperidine rings is 1. The fourth-order valence-corrected chi connectivity index (χ4v) is 5.30. The summed E-state index contributed by atoms with van der Waals surface area (Å²) >= 11 is 1.61. The molecular formula is C22H25N3O4S2. The minimum absolute atomic E-state index is 0.0499. The Labute approximate surface area is 187 Å². The van der Waals surface area contributed by atoms with Gasteiger partial charge in [0.15, 0.2) is 0 Å². The van der Waals surface area contributed by atoms with Crippen LogP contribution >= 0.6 is 11.3 Å². The van der Waals surface area contributed by atoms with Gasteiger partial charge in [0.25, 0.3) is 0 Å². The first-order chi connectivity index (χ1) is 14.9. The molecule has 1 amide bonds. The molecule has 3 aromatic rings. The number of carbonyl (C=O) groups is 1. The lowest BCUT2D eigenvalue weighted by molar-refractivity contribution is 0.0692. The molecule has 1 aliphatic heterocycles. The van der Waals surface area contributed by atoms with Crippen molar-refractivity contribution in [2.45, 2.75) is 44.5 Å². The smallest absolute Gasteiger partial charge is 0.410 e. The maximum Gasteiger partial charge on any atom is 0.410 e. The summed E-state index contributed by atoms with van der Waals surface area (Å²) in [6, 6.07) is 11.4. The number of fused-ring (bicyclic) bond motifs is 1. The summed E-state index contributed by atoms with van der Waals surface area (Å²) in [6.07, 6.45) is 1.38. The van der Waals surface area contributed by atoms with E-state index in [2.05, 4.69) is 0 Å². The molecule has 0 radical (unpaired) electrons. The van der Waals surface area contributed by atoms with Crippen LogP contribution in [0.5, 0.6) is 0 Å². The van der Waals surface area contributed by atoms with E-state index in [0.717, 1.165) is 45.0 Å². The van der Waals surface area contributed by atoms with Crippen LogP contribution in [0.3, 0.4) is 0 Å². The number of benzene rings is 1. The molecule has 0 aliphatic carbocycles. The van der Waals surface area contributed by atoms with Crippen molar-refractivity contribution in [2.24, 2.45) is 0 Å². The normalized spacial score (nSPS) is 15.2. The van der Waals surface area contributed by atoms with Crippen molar-refractivity contribution in [1.82, 2.24) is 14.9 Å². The highest BCUT2D eigenvalue weighted by Crippen LogP contribution is 2.34. The SMILES string of the molecule is CC(C)OC(=O)N1CCC(c2nc3ccc(-c4ccc(C[SH](=O)=O)cc4)nc3s2)CC1. The number of hydrogen-bond acceptors (Lipinski definition) is 7. The van der Waals surface area contributed by atoms with E-state index in [1.807, 2.05) is 50.2 Å². The number of rotatable bonds is 5. The van der Waals surface area contributed by atoms with E-state index in [-0.39, 0.29) is 18.0 Å². The van der Waals surface area contributed by atoms with Crippen LogP contribution in [0.15, 0.2) is 36.4 Å². The number of pyridine rings is 1. The molecule has 164 valence electrons. The zero-order valence-corrected chi connectivity index (χ0v) is 19.2. The second-order valence-corrected chi connectivity index (χ2v) is 9.95. The molecule has 0 atom stereocenters. The highest BCUT2D eigenvalue weighted by Gasteiger charge is 2.27. The summed E-state index contributed by atoms with van der Waals surface area (Å²) in [5, 5.41) is 1.06. The fraction of sp³-hybridized carbons (Fsp3) is 0.409. The molecule has 3 heterocycles. The third kappa shape index (κ3) is 5.22. The molecule has 1 saturated heterocycles. The zero-order valence-electron chi connectivity index (χ0n) is 17.5. The maximum absolute atomic E-state index is 12.1. The minimum atomic E-state index is -2.43. The number of thiol groups is 1. The van der Waals surface area contributed by atoms with E-state index in [9.17, 15) is 13.2 Å². The monoisotopic (exact) mass is 459 g/mol. The predicted molar refractivity (Wildman–Crippen MR) is 122 cm³/mol. The van der Waals surface area contributed by atoms with E-state index in [4.69, 9.17) is 14.7 Å². The van der Waals surface area contributed by atoms with Gasteiger partial charge in [0.2, 0.25) is 0 Å². The highest BCUT2D eigenvalue weighted by molar-refractivity contribution is 7.71. The van der Waals surface area contributed by atoms with Gasteiger partial charge in [-0.15, -0.1) is 0 Å². The Balaban J connectivity index is 1.46. The zero-order chi connectivity index (χ0) is 22.0. The average molecular weight is 460 g/mol. The first-order valence-corrected chi connectivity index (χ1v) is 12.5. The molecule has 9 heteroatoms. The molecule has 1 aliphatic rings. The summed E-state index contributed by atoms with van der Waals surface area (Å²) in [5.41, 5.74) is 3.43. The average Bonchev–Trinajstić information content (AvgIpc) is 3.17. The molecule has 1 fully saturated rings. The fourth-order valence-electron chi connectivity index (χ4n) is 3.68. The van der Waals surface area contributed by atoms with Gasteiger partial charge in [-0.25, -0.2) is 23.2 Å². The Kier molecular flexibility index (Phi) is 6.52. The lowest BCUT2D eigenvalue weighted by Gasteiger charge is -2.30. The van der Waals surface area contributed by atoms with Crippen molar-refractivity contribution < 1.29 is 17.9 Å². The van der Waals surface area contributed by atoms with E-state index in [1.165, 1.54) is 0 Å². The van der Waals surface area contributed by atoms with E-state index in [0.29, 0.717) is 19.0 Å². The summed E-state index contributed by atoms with van der Waals surface area (Å²) in [6.45, 7) is 5.06. The van der Waals surface area contributed by atoms with E-state index >= 15 is 0 Å². The molecular weight excluding hydrogens is 434 g/mol. The maximum atomic E-state index is 12.1. The van der Waals surface area contributed by atoms with Crippen LogP contribution in [-0.4, -0.2) is 48.6 Å². The summed E-state index contributed by atoms with van der Waals surface area (Å²) in [5.74, 6) is 0.369. The quantitative estimate of drug-likeness (QED) is 0.576. The first kappa shape index (κ1) is 21.7. The second-order valence-electron chi connectivity index (χ2n) is 7.95. The number of nitrogens with zero attached hydrogens (tertiary/aromatic N) is 3. The lowest BCUT2D eigenvalue weighted by Crippen LogP contribution is -2.39. The van der Waals surface area contributed by atoms with Gasteiger partial charge >= 0.3 is 6.09 Å². The topological polar surface area (TPSA) is 89.5 Å². The van der Waals surface area contributed by atoms with Gasteiger partial charge in [0.1, 0.15) is 21.1 Å². The number of carbonyl (C=O) groups excluding carboxylic acids is 1. The molecule has 0 N–H and O–H groups in total. The van der Waals surface area contributed by atoms with Crippen molar-refractivity contribution in [1.29, 1.82) is 0 Å². The van der Waals surface area contributed by atoms with Gasteiger partial charge in [-0.3, -0.25) is 0 Å². The van der Waals surface area contributed by atoms with Crippen LogP contribution in [0.4, 0.5) is 4.79 Å². The highest BCUT2D eigenvalue weighted by atomic mass is 32.2. The molecule has 0 spiro atoms. The minimum Gasteiger partial charge on any atom is -0.447 e. The van der Waals surface area contributed by atoms with Crippen LogP contribution in [-0.2, 0) is 21.2 Å². The van der Waals surface area contributed by atoms with Gasteiger partial charge in [-0.05, 0) is 44.4 Å². The van der Waals surface area contributed by atoms with Crippen molar-refractivity contribution in [3.8, 4) is 11.3 Å². The van der Waals surface area contributed by atoms with Crippen molar-refractivity contribution in [3.63, 3.8) is 0 Å². The summed E-state index contributed by atoms with van der Waals surface area (Å²) in [7, 11) is -2.43. The number of thiazole rings is 1. The third-order valence-electron chi connectivity index (χ3n) is 5.27. The number of amides is 1. The lowest BCUT2D eigenvalue weighted by atomic mass is 9.98. The van der Waals surface area contributed by atoms with Gasteiger partial charge in [-0.1, -0.05) is 35.6 Å². The Morgan fingerprint density at radius 2 is 1.84 bits per heavy atom. The van der Waals surface area contributed by atoms with E-state index < -0.39 is 10.7 Å². The Morgan fingerprint density at radius 1 is 1.13 bits per heavy atom. The molecule has 31 heavy (non-hydrogen) atoms. The molecule has 0 saturated carbocycles. The van der Waals surface area contributed by atoms with Crippen molar-refractivity contribution in [3.05, 3.63) is 47.0 Å². The Bertz CT molecular complexity index is 1140. The molecule has 0 unspecified atom stereocenters. The molecule has 1 aromatic carbocycles. The standard InChI is InChI=1S/C22H25N3O4S2/c1-14(2)29-22(26)25-11-9-17(10-12-25)20-24-19-8-7-18(23-21(19)30-20)16-5-3-15(4-6-16)13-31(27)28/h3-8,14,17,31H,9-13H2,1-2H3. The predicted octanol–water partition coefficient (Wildman–Crippen LogP) is 4.19. The largest absolute Gasteiger partial charge is 0.447 e. The van der Waals surface area contributed by atoms with Crippen molar-refractivity contribution >= 4 is 38.5 Å². The van der Waals surface area contributed by atoms with Crippen LogP contribution in [0.1, 0.15) is 43.2 Å². The van der Waals surface area contributed by atoms with Gasteiger partial charge in [0, 0.05) is 24.6 Å². The Hall–Kier alpha value is -2.52. The number of hydrogen-bond donors (Lipinski definition) is 1. The first-order valence-electron chi connectivity index (χ1n) is 10.3. The van der Waals surface area contributed by atoms with E-state index in [1.54, 1.807) is 16.2 Å². The third-order valence-corrected chi connectivity index (χ3v) is 7.02. The molecule has 7 nitrogen and oxygen atoms in total. The van der Waals surface area contributed by atoms with Crippen LogP contribution in [0.25, 0.3) is 21.6 Å². The van der Waals surface area contributed by atoms with Crippen LogP contribution in [0.2, 0.25) is 0 Å². The van der Waals surface area contributed by atoms with Crippen molar-refractivity contribution in [2.75, 3.05) is 13.1 Å². The summed E-state index contributed by atoms with van der Waals surface area (Å²) < 4.78 is 27.1. The number of ether oxygens (including phenoxy) is 1. The second kappa shape index (κ2) is 9.32. The number of likely N-dealkylation sites (tertiary alicyclic amines) is 1. The van der Waals surface area contributed by atoms with Crippen LogP contribution < -0.4 is 0 Å². The van der Waals surface area contributed by atoms with Gasteiger partial charge < -0.3 is 9.64 Å². The molecule has 2 aromatic heterocycles. The molecule has 0 bridgehead atoms. The Morgan fingerprint density at radius 3 is 2.48 bits per heavy atom. The van der Waals surface area contributed by atoms with Crippen LogP contribution in [0, 0.1) is 0 Å². The summed E-state index contributed by atoms with van der Waals surface area (Å²) in [4.78, 5) is 24.3. The number of aromatic nitrogens is 2. The van der Waals surface area contributed by atoms with Gasteiger partial charge in [-0.2, -0.15) is 0 Å². The van der Waals surface area contributed by atoms with Gasteiger partial charge in [0.05, 0.1) is 22.6 Å². The molecule has 4 rings (SSSR count).